The summed E-state index contributed by atoms with van der Waals surface area (Å²) < 4.78 is 35.6. The Bertz CT molecular complexity index is 955. The summed E-state index contributed by atoms with van der Waals surface area (Å²) in [5, 5.41) is 2.64. The molecule has 25 heavy (non-hydrogen) atoms. The van der Waals surface area contributed by atoms with Gasteiger partial charge in [-0.1, -0.05) is 0 Å². The number of ketones is 1. The molecule has 0 bridgehead atoms. The minimum absolute atomic E-state index is 0.0142. The van der Waals surface area contributed by atoms with Crippen LogP contribution in [-0.4, -0.2) is 50.6 Å². The maximum absolute atomic E-state index is 12.7. The van der Waals surface area contributed by atoms with Gasteiger partial charge in [-0.05, 0) is 19.1 Å². The molecule has 2 rings (SSSR count). The lowest BCUT2D eigenvalue weighted by molar-refractivity contribution is 0.103. The van der Waals surface area contributed by atoms with Crippen LogP contribution in [0.5, 0.6) is 5.75 Å². The highest BCUT2D eigenvalue weighted by Gasteiger charge is 2.24. The van der Waals surface area contributed by atoms with E-state index in [0.717, 1.165) is 6.26 Å². The Kier molecular flexibility index (Phi) is 5.48. The Hall–Kier alpha value is -2.39. The summed E-state index contributed by atoms with van der Waals surface area (Å²) in [7, 11) is -0.560. The second-order valence-electron chi connectivity index (χ2n) is 5.56. The molecule has 0 fully saturated rings. The van der Waals surface area contributed by atoms with E-state index in [1.165, 1.54) is 37.2 Å². The summed E-state index contributed by atoms with van der Waals surface area (Å²) in [6.07, 6.45) is 2.38. The van der Waals surface area contributed by atoms with Crippen molar-refractivity contribution in [2.75, 3.05) is 26.6 Å². The van der Waals surface area contributed by atoms with Gasteiger partial charge in [0.1, 0.15) is 22.8 Å². The summed E-state index contributed by atoms with van der Waals surface area (Å²) in [6.45, 7) is 1.98. The van der Waals surface area contributed by atoms with Gasteiger partial charge in [0.2, 0.25) is 5.78 Å². The molecule has 1 heterocycles. The number of nitrogens with one attached hydrogen (secondary N) is 1. The third kappa shape index (κ3) is 3.83. The molecule has 8 nitrogen and oxygen atoms in total. The van der Waals surface area contributed by atoms with Crippen molar-refractivity contribution in [3.8, 4) is 5.75 Å². The van der Waals surface area contributed by atoms with Gasteiger partial charge in [-0.15, -0.1) is 0 Å². The number of rotatable bonds is 7. The minimum Gasteiger partial charge on any atom is -0.490 e. The smallest absolute Gasteiger partial charge is 0.277 e. The van der Waals surface area contributed by atoms with Crippen LogP contribution in [0.15, 0.2) is 28.0 Å². The monoisotopic (exact) mass is 368 g/mol. The minimum atomic E-state index is -3.55. The van der Waals surface area contributed by atoms with Gasteiger partial charge in [0.05, 0.1) is 6.61 Å². The number of sulfone groups is 1. The van der Waals surface area contributed by atoms with Crippen LogP contribution in [0.4, 0.5) is 0 Å². The Morgan fingerprint density at radius 1 is 1.24 bits per heavy atom. The van der Waals surface area contributed by atoms with Crippen molar-refractivity contribution >= 4 is 15.6 Å². The predicted molar refractivity (Wildman–Crippen MR) is 91.1 cm³/mol. The molecule has 1 aromatic heterocycles. The lowest BCUT2D eigenvalue weighted by atomic mass is 10.0. The molecular formula is C16H20N2O6S. The van der Waals surface area contributed by atoms with Crippen molar-refractivity contribution in [1.29, 1.82) is 0 Å². The van der Waals surface area contributed by atoms with E-state index in [2.05, 4.69) is 5.10 Å². The van der Waals surface area contributed by atoms with Crippen LogP contribution in [0.1, 0.15) is 21.5 Å². The fourth-order valence-electron chi connectivity index (χ4n) is 2.38. The zero-order valence-electron chi connectivity index (χ0n) is 14.5. The highest BCUT2D eigenvalue weighted by molar-refractivity contribution is 7.90. The van der Waals surface area contributed by atoms with E-state index in [9.17, 15) is 18.0 Å². The zero-order valence-corrected chi connectivity index (χ0v) is 15.3. The molecule has 0 saturated heterocycles. The molecule has 9 heteroatoms. The zero-order chi connectivity index (χ0) is 18.8. The molecular weight excluding hydrogens is 348 g/mol. The van der Waals surface area contributed by atoms with Gasteiger partial charge in [-0.25, -0.2) is 8.42 Å². The Labute approximate surface area is 145 Å². The normalized spacial score (nSPS) is 11.5. The first-order valence-electron chi connectivity index (χ1n) is 7.43. The first-order valence-corrected chi connectivity index (χ1v) is 9.32. The Morgan fingerprint density at radius 3 is 2.44 bits per heavy atom. The van der Waals surface area contributed by atoms with E-state index in [0.29, 0.717) is 5.56 Å². The quantitative estimate of drug-likeness (QED) is 0.569. The van der Waals surface area contributed by atoms with E-state index in [-0.39, 0.29) is 35.0 Å². The molecule has 0 unspecified atom stereocenters. The summed E-state index contributed by atoms with van der Waals surface area (Å²) >= 11 is 0. The molecule has 1 N–H and O–H groups in total. The second-order valence-corrected chi connectivity index (χ2v) is 7.54. The first kappa shape index (κ1) is 18.9. The lowest BCUT2D eigenvalue weighted by Gasteiger charge is -2.15. The SMILES string of the molecule is COCCOc1c(S(C)(=O)=O)ccc(C(=O)c2c[nH]n(C)c2=O)c1C. The third-order valence-electron chi connectivity index (χ3n) is 3.73. The van der Waals surface area contributed by atoms with Crippen molar-refractivity contribution in [2.45, 2.75) is 11.8 Å². The van der Waals surface area contributed by atoms with Gasteiger partial charge in [0.15, 0.2) is 9.84 Å². The maximum atomic E-state index is 12.7. The van der Waals surface area contributed by atoms with Crippen LogP contribution in [0.25, 0.3) is 0 Å². The van der Waals surface area contributed by atoms with Gasteiger partial charge >= 0.3 is 0 Å². The standard InChI is InChI=1S/C16H20N2O6S/c1-10-11(14(19)12-9-17-18(2)16(12)20)5-6-13(25(4,21)22)15(10)24-8-7-23-3/h5-6,9,17H,7-8H2,1-4H3. The molecule has 0 spiro atoms. The van der Waals surface area contributed by atoms with Crippen molar-refractivity contribution in [2.24, 2.45) is 7.05 Å². The Morgan fingerprint density at radius 2 is 1.92 bits per heavy atom. The topological polar surface area (TPSA) is 107 Å². The number of H-pyrrole nitrogens is 1. The van der Waals surface area contributed by atoms with Crippen molar-refractivity contribution < 1.29 is 22.7 Å². The summed E-state index contributed by atoms with van der Waals surface area (Å²) in [6, 6.07) is 2.71. The first-order chi connectivity index (χ1) is 11.7. The maximum Gasteiger partial charge on any atom is 0.277 e. The largest absolute Gasteiger partial charge is 0.490 e. The number of carbonyl (C=O) groups excluding carboxylic acids is 1. The fraction of sp³-hybridized carbons (Fsp3) is 0.375. The van der Waals surface area contributed by atoms with Gasteiger partial charge in [-0.3, -0.25) is 14.3 Å². The molecule has 0 aliphatic rings. The number of carbonyl (C=O) groups is 1. The van der Waals surface area contributed by atoms with Crippen LogP contribution in [0, 0.1) is 6.92 Å². The molecule has 2 aromatic rings. The van der Waals surface area contributed by atoms with Gasteiger partial charge in [0, 0.05) is 37.7 Å². The van der Waals surface area contributed by atoms with Crippen molar-refractivity contribution in [1.82, 2.24) is 9.78 Å². The molecule has 1 aromatic carbocycles. The van der Waals surface area contributed by atoms with E-state index in [4.69, 9.17) is 9.47 Å². The van der Waals surface area contributed by atoms with Crippen LogP contribution in [0.2, 0.25) is 0 Å². The number of aromatic nitrogens is 2. The average Bonchev–Trinajstić information content (AvgIpc) is 2.87. The number of hydrogen-bond donors (Lipinski definition) is 1. The third-order valence-corrected chi connectivity index (χ3v) is 4.85. The highest BCUT2D eigenvalue weighted by atomic mass is 32.2. The lowest BCUT2D eigenvalue weighted by Crippen LogP contribution is -2.20. The predicted octanol–water partition coefficient (Wildman–Crippen LogP) is 0.682. The molecule has 0 aliphatic heterocycles. The Balaban J connectivity index is 2.57. The molecule has 136 valence electrons. The van der Waals surface area contributed by atoms with Crippen LogP contribution in [-0.2, 0) is 21.6 Å². The number of hydrogen-bond acceptors (Lipinski definition) is 6. The fourth-order valence-corrected chi connectivity index (χ4v) is 3.25. The summed E-state index contributed by atoms with van der Waals surface area (Å²) in [5.74, 6) is -0.409. The van der Waals surface area contributed by atoms with Gasteiger partial charge in [0.25, 0.3) is 5.56 Å². The number of methoxy groups -OCH3 is 1. The van der Waals surface area contributed by atoms with Gasteiger partial charge < -0.3 is 14.6 Å². The molecule has 0 atom stereocenters. The van der Waals surface area contributed by atoms with E-state index >= 15 is 0 Å². The van der Waals surface area contributed by atoms with Gasteiger partial charge in [-0.2, -0.15) is 0 Å². The highest BCUT2D eigenvalue weighted by Crippen LogP contribution is 2.31. The second kappa shape index (κ2) is 7.24. The van der Waals surface area contributed by atoms with Crippen LogP contribution < -0.4 is 10.3 Å². The number of aryl methyl sites for hydroxylation is 1. The molecule has 0 aliphatic carbocycles. The number of aromatic amines is 1. The average molecular weight is 368 g/mol. The van der Waals surface area contributed by atoms with E-state index < -0.39 is 21.2 Å². The molecule has 0 amide bonds. The van der Waals surface area contributed by atoms with Crippen molar-refractivity contribution in [3.05, 3.63) is 45.4 Å². The molecule has 0 saturated carbocycles. The van der Waals surface area contributed by atoms with Crippen LogP contribution in [0.3, 0.4) is 0 Å². The summed E-state index contributed by atoms with van der Waals surface area (Å²) in [5.41, 5.74) is 0.0720. The number of benzene rings is 1. The van der Waals surface area contributed by atoms with Crippen molar-refractivity contribution in [3.63, 3.8) is 0 Å². The summed E-state index contributed by atoms with van der Waals surface area (Å²) in [4.78, 5) is 24.7. The van der Waals surface area contributed by atoms with E-state index in [1.807, 2.05) is 0 Å². The number of ether oxygens (including phenoxy) is 2. The molecule has 0 radical (unpaired) electrons. The van der Waals surface area contributed by atoms with E-state index in [1.54, 1.807) is 6.92 Å². The van der Waals surface area contributed by atoms with Crippen LogP contribution >= 0.6 is 0 Å². The number of nitrogens with zero attached hydrogens (tertiary/aromatic N) is 1.